The standard InChI is InChI=1S/C16H22N2O2S/c19-15(10-17-16(20)14-6-3-9-21-14)18-8-7-12-4-1-2-5-13(12)11-18/h3,6,9,12-13H,1-2,4-5,7-8,10-11H2,(H,17,20)/t12-,13+/m0/s1. The highest BCUT2D eigenvalue weighted by Crippen LogP contribution is 2.35. The van der Waals surface area contributed by atoms with Crippen molar-refractivity contribution in [2.45, 2.75) is 32.1 Å². The van der Waals surface area contributed by atoms with Crippen molar-refractivity contribution < 1.29 is 9.59 Å². The van der Waals surface area contributed by atoms with Crippen LogP contribution in [0.3, 0.4) is 0 Å². The molecule has 1 N–H and O–H groups in total. The van der Waals surface area contributed by atoms with Crippen LogP contribution in [0.5, 0.6) is 0 Å². The number of nitrogens with zero attached hydrogens (tertiary/aromatic N) is 1. The Morgan fingerprint density at radius 3 is 2.81 bits per heavy atom. The maximum absolute atomic E-state index is 12.3. The third-order valence-corrected chi connectivity index (χ3v) is 5.66. The molecule has 0 unspecified atom stereocenters. The van der Waals surface area contributed by atoms with Gasteiger partial charge in [0.15, 0.2) is 0 Å². The van der Waals surface area contributed by atoms with Gasteiger partial charge in [0.05, 0.1) is 11.4 Å². The summed E-state index contributed by atoms with van der Waals surface area (Å²) in [5.41, 5.74) is 0. The van der Waals surface area contributed by atoms with E-state index in [1.54, 1.807) is 6.07 Å². The first-order valence-corrected chi connectivity index (χ1v) is 8.71. The first-order chi connectivity index (χ1) is 10.2. The van der Waals surface area contributed by atoms with Crippen LogP contribution in [0.4, 0.5) is 0 Å². The second kappa shape index (κ2) is 6.60. The minimum absolute atomic E-state index is 0.0592. The topological polar surface area (TPSA) is 49.4 Å². The fourth-order valence-corrected chi connectivity index (χ4v) is 4.23. The number of rotatable bonds is 3. The molecule has 0 aromatic carbocycles. The Labute approximate surface area is 129 Å². The molecule has 1 aliphatic heterocycles. The molecule has 5 heteroatoms. The van der Waals surface area contributed by atoms with E-state index in [2.05, 4.69) is 5.32 Å². The van der Waals surface area contributed by atoms with E-state index in [0.717, 1.165) is 25.4 Å². The van der Waals surface area contributed by atoms with Gasteiger partial charge >= 0.3 is 0 Å². The van der Waals surface area contributed by atoms with Crippen molar-refractivity contribution in [2.24, 2.45) is 11.8 Å². The summed E-state index contributed by atoms with van der Waals surface area (Å²) in [4.78, 5) is 26.7. The van der Waals surface area contributed by atoms with E-state index in [9.17, 15) is 9.59 Å². The number of carbonyl (C=O) groups excluding carboxylic acids is 2. The van der Waals surface area contributed by atoms with E-state index in [1.165, 1.54) is 37.0 Å². The Balaban J connectivity index is 1.48. The first-order valence-electron chi connectivity index (χ1n) is 7.83. The Kier molecular flexibility index (Phi) is 4.58. The third kappa shape index (κ3) is 3.46. The zero-order valence-corrected chi connectivity index (χ0v) is 13.0. The molecule has 0 spiro atoms. The molecule has 2 heterocycles. The average Bonchev–Trinajstić information content (AvgIpc) is 3.06. The van der Waals surface area contributed by atoms with Crippen LogP contribution in [-0.4, -0.2) is 36.3 Å². The maximum Gasteiger partial charge on any atom is 0.261 e. The predicted molar refractivity (Wildman–Crippen MR) is 83.3 cm³/mol. The van der Waals surface area contributed by atoms with Crippen molar-refractivity contribution in [3.8, 4) is 0 Å². The summed E-state index contributed by atoms with van der Waals surface area (Å²) in [7, 11) is 0. The number of piperidine rings is 1. The monoisotopic (exact) mass is 306 g/mol. The minimum atomic E-state index is -0.147. The number of carbonyl (C=O) groups is 2. The number of nitrogens with one attached hydrogen (secondary N) is 1. The quantitative estimate of drug-likeness (QED) is 0.933. The van der Waals surface area contributed by atoms with Crippen LogP contribution >= 0.6 is 11.3 Å². The Morgan fingerprint density at radius 2 is 2.05 bits per heavy atom. The van der Waals surface area contributed by atoms with E-state index in [0.29, 0.717) is 10.8 Å². The molecule has 1 aromatic heterocycles. The largest absolute Gasteiger partial charge is 0.342 e. The lowest BCUT2D eigenvalue weighted by Crippen LogP contribution is -2.48. The zero-order valence-electron chi connectivity index (χ0n) is 12.2. The Morgan fingerprint density at radius 1 is 1.24 bits per heavy atom. The summed E-state index contributed by atoms with van der Waals surface area (Å²) >= 11 is 1.40. The van der Waals surface area contributed by atoms with E-state index in [1.807, 2.05) is 16.3 Å². The zero-order chi connectivity index (χ0) is 14.7. The summed E-state index contributed by atoms with van der Waals surface area (Å²) in [5, 5.41) is 4.60. The van der Waals surface area contributed by atoms with Crippen molar-refractivity contribution in [3.63, 3.8) is 0 Å². The van der Waals surface area contributed by atoms with Gasteiger partial charge in [0.2, 0.25) is 5.91 Å². The van der Waals surface area contributed by atoms with E-state index in [-0.39, 0.29) is 18.4 Å². The van der Waals surface area contributed by atoms with Crippen LogP contribution in [0.15, 0.2) is 17.5 Å². The van der Waals surface area contributed by atoms with E-state index in [4.69, 9.17) is 0 Å². The van der Waals surface area contributed by atoms with Crippen molar-refractivity contribution in [1.29, 1.82) is 0 Å². The lowest BCUT2D eigenvalue weighted by Gasteiger charge is -2.41. The molecule has 4 nitrogen and oxygen atoms in total. The number of hydrogen-bond acceptors (Lipinski definition) is 3. The molecule has 2 aliphatic rings. The smallest absolute Gasteiger partial charge is 0.261 e. The fourth-order valence-electron chi connectivity index (χ4n) is 3.59. The fraction of sp³-hybridized carbons (Fsp3) is 0.625. The van der Waals surface area contributed by atoms with Crippen molar-refractivity contribution in [3.05, 3.63) is 22.4 Å². The summed E-state index contributed by atoms with van der Waals surface area (Å²) < 4.78 is 0. The highest BCUT2D eigenvalue weighted by atomic mass is 32.1. The van der Waals surface area contributed by atoms with Gasteiger partial charge in [-0.25, -0.2) is 0 Å². The van der Waals surface area contributed by atoms with Gasteiger partial charge in [-0.3, -0.25) is 9.59 Å². The van der Waals surface area contributed by atoms with Crippen LogP contribution in [0.1, 0.15) is 41.8 Å². The summed E-state index contributed by atoms with van der Waals surface area (Å²) in [6.07, 6.45) is 6.39. The number of amides is 2. The molecule has 0 radical (unpaired) electrons. The number of thiophene rings is 1. The molecule has 3 rings (SSSR count). The van der Waals surface area contributed by atoms with Gasteiger partial charge in [-0.15, -0.1) is 11.3 Å². The SMILES string of the molecule is O=C(NCC(=O)N1CC[C@@H]2CCCC[C@@H]2C1)c1cccs1. The van der Waals surface area contributed by atoms with Gasteiger partial charge in [-0.1, -0.05) is 25.3 Å². The molecule has 2 atom stereocenters. The van der Waals surface area contributed by atoms with E-state index < -0.39 is 0 Å². The average molecular weight is 306 g/mol. The lowest BCUT2D eigenvalue weighted by atomic mass is 9.75. The number of fused-ring (bicyclic) bond motifs is 1. The van der Waals surface area contributed by atoms with E-state index >= 15 is 0 Å². The first kappa shape index (κ1) is 14.6. The summed E-state index contributed by atoms with van der Waals surface area (Å²) in [6, 6.07) is 3.62. The van der Waals surface area contributed by atoms with Gasteiger partial charge in [-0.2, -0.15) is 0 Å². The summed E-state index contributed by atoms with van der Waals surface area (Å²) in [5.74, 6) is 1.42. The van der Waals surface area contributed by atoms with Gasteiger partial charge < -0.3 is 10.2 Å². The second-order valence-corrected chi connectivity index (χ2v) is 7.04. The minimum Gasteiger partial charge on any atom is -0.342 e. The highest BCUT2D eigenvalue weighted by molar-refractivity contribution is 7.12. The predicted octanol–water partition coefficient (Wildman–Crippen LogP) is 2.52. The lowest BCUT2D eigenvalue weighted by molar-refractivity contribution is -0.133. The van der Waals surface area contributed by atoms with Crippen molar-refractivity contribution in [2.75, 3.05) is 19.6 Å². The molecule has 2 fully saturated rings. The van der Waals surface area contributed by atoms with Crippen LogP contribution in [-0.2, 0) is 4.79 Å². The van der Waals surface area contributed by atoms with Gasteiger partial charge in [0.25, 0.3) is 5.91 Å². The second-order valence-electron chi connectivity index (χ2n) is 6.09. The van der Waals surface area contributed by atoms with Crippen LogP contribution < -0.4 is 5.32 Å². The number of likely N-dealkylation sites (tertiary alicyclic amines) is 1. The molecule has 21 heavy (non-hydrogen) atoms. The number of hydrogen-bond donors (Lipinski definition) is 1. The molecule has 1 saturated heterocycles. The Bertz CT molecular complexity index is 500. The summed E-state index contributed by atoms with van der Waals surface area (Å²) in [6.45, 7) is 1.86. The molecule has 1 aliphatic carbocycles. The molecular formula is C16H22N2O2S. The highest BCUT2D eigenvalue weighted by Gasteiger charge is 2.32. The molecule has 2 amide bonds. The van der Waals surface area contributed by atoms with Gasteiger partial charge in [-0.05, 0) is 36.1 Å². The molecule has 114 valence electrons. The van der Waals surface area contributed by atoms with Crippen molar-refractivity contribution in [1.82, 2.24) is 10.2 Å². The normalized spacial score (nSPS) is 25.2. The van der Waals surface area contributed by atoms with Crippen molar-refractivity contribution >= 4 is 23.2 Å². The molecule has 1 saturated carbocycles. The van der Waals surface area contributed by atoms with Crippen LogP contribution in [0.25, 0.3) is 0 Å². The maximum atomic E-state index is 12.3. The van der Waals surface area contributed by atoms with Crippen LogP contribution in [0.2, 0.25) is 0 Å². The van der Waals surface area contributed by atoms with Crippen LogP contribution in [0, 0.1) is 11.8 Å². The third-order valence-electron chi connectivity index (χ3n) is 4.79. The molecule has 1 aromatic rings. The Hall–Kier alpha value is -1.36. The molecular weight excluding hydrogens is 284 g/mol. The van der Waals surface area contributed by atoms with Gasteiger partial charge in [0.1, 0.15) is 0 Å². The van der Waals surface area contributed by atoms with Gasteiger partial charge in [0, 0.05) is 13.1 Å². The molecule has 0 bridgehead atoms.